The fourth-order valence-electron chi connectivity index (χ4n) is 2.20. The molecular formula is C13H19NO4. The van der Waals surface area contributed by atoms with Crippen LogP contribution in [0.25, 0.3) is 0 Å². The first-order valence-electron chi connectivity index (χ1n) is 6.08. The van der Waals surface area contributed by atoms with E-state index in [1.54, 1.807) is 6.92 Å². The van der Waals surface area contributed by atoms with Gasteiger partial charge in [-0.3, -0.25) is 4.79 Å². The second kappa shape index (κ2) is 4.74. The molecule has 1 fully saturated rings. The molecule has 5 nitrogen and oxygen atoms in total. The summed E-state index contributed by atoms with van der Waals surface area (Å²) in [6.07, 6.45) is 0.551. The number of amides is 1. The number of aryl methyl sites for hydroxylation is 2. The lowest BCUT2D eigenvalue weighted by molar-refractivity contribution is 0.0264. The lowest BCUT2D eigenvalue weighted by atomic mass is 10.0. The summed E-state index contributed by atoms with van der Waals surface area (Å²) >= 11 is 0. The highest BCUT2D eigenvalue weighted by atomic mass is 16.5. The molecule has 1 unspecified atom stereocenters. The molecule has 0 bridgehead atoms. The SMILES string of the molecule is Cc1oc(C)c(C(=O)NCC2(O)CCOC2)c1C. The van der Waals surface area contributed by atoms with E-state index >= 15 is 0 Å². The number of nitrogens with one attached hydrogen (secondary N) is 1. The van der Waals surface area contributed by atoms with Crippen molar-refractivity contribution in [2.45, 2.75) is 32.8 Å². The van der Waals surface area contributed by atoms with Gasteiger partial charge in [0.15, 0.2) is 0 Å². The van der Waals surface area contributed by atoms with Crippen molar-refractivity contribution in [3.63, 3.8) is 0 Å². The first-order chi connectivity index (χ1) is 8.43. The highest BCUT2D eigenvalue weighted by Crippen LogP contribution is 2.21. The van der Waals surface area contributed by atoms with Crippen LogP contribution in [-0.4, -0.2) is 36.4 Å². The standard InChI is InChI=1S/C13H19NO4/c1-8-9(2)18-10(3)11(8)12(15)14-6-13(16)4-5-17-7-13/h16H,4-7H2,1-3H3,(H,14,15). The van der Waals surface area contributed by atoms with Crippen LogP contribution >= 0.6 is 0 Å². The lowest BCUT2D eigenvalue weighted by Gasteiger charge is -2.20. The molecule has 1 aromatic rings. The molecule has 0 aromatic carbocycles. The third-order valence-electron chi connectivity index (χ3n) is 3.45. The maximum Gasteiger partial charge on any atom is 0.255 e. The van der Waals surface area contributed by atoms with Gasteiger partial charge in [-0.1, -0.05) is 0 Å². The van der Waals surface area contributed by atoms with E-state index in [9.17, 15) is 9.90 Å². The van der Waals surface area contributed by atoms with Crippen molar-refractivity contribution in [2.24, 2.45) is 0 Å². The summed E-state index contributed by atoms with van der Waals surface area (Å²) in [5, 5.41) is 12.8. The van der Waals surface area contributed by atoms with Crippen molar-refractivity contribution in [2.75, 3.05) is 19.8 Å². The molecule has 1 amide bonds. The molecule has 0 spiro atoms. The molecule has 0 radical (unpaired) electrons. The number of aliphatic hydroxyl groups is 1. The number of carbonyl (C=O) groups is 1. The van der Waals surface area contributed by atoms with E-state index in [1.165, 1.54) is 0 Å². The smallest absolute Gasteiger partial charge is 0.255 e. The van der Waals surface area contributed by atoms with Crippen molar-refractivity contribution in [1.29, 1.82) is 0 Å². The maximum atomic E-state index is 12.1. The molecule has 0 aliphatic carbocycles. The van der Waals surface area contributed by atoms with Crippen LogP contribution < -0.4 is 5.32 Å². The van der Waals surface area contributed by atoms with Crippen LogP contribution in [-0.2, 0) is 4.74 Å². The maximum absolute atomic E-state index is 12.1. The van der Waals surface area contributed by atoms with Crippen molar-refractivity contribution in [1.82, 2.24) is 5.32 Å². The van der Waals surface area contributed by atoms with Crippen molar-refractivity contribution < 1.29 is 19.1 Å². The molecule has 2 heterocycles. The number of ether oxygens (including phenoxy) is 1. The highest BCUT2D eigenvalue weighted by Gasteiger charge is 2.33. The van der Waals surface area contributed by atoms with Gasteiger partial charge in [0.1, 0.15) is 17.1 Å². The fourth-order valence-corrected chi connectivity index (χ4v) is 2.20. The predicted octanol–water partition coefficient (Wildman–Crippen LogP) is 1.09. The number of hydrogen-bond donors (Lipinski definition) is 2. The second-order valence-electron chi connectivity index (χ2n) is 4.92. The van der Waals surface area contributed by atoms with E-state index in [-0.39, 0.29) is 19.1 Å². The summed E-state index contributed by atoms with van der Waals surface area (Å²) in [5.41, 5.74) is 0.477. The van der Waals surface area contributed by atoms with Crippen LogP contribution in [0.3, 0.4) is 0 Å². The Morgan fingerprint density at radius 1 is 1.39 bits per heavy atom. The highest BCUT2D eigenvalue weighted by molar-refractivity contribution is 5.96. The molecule has 1 aromatic heterocycles. The van der Waals surface area contributed by atoms with Gasteiger partial charge in [-0.05, 0) is 20.8 Å². The summed E-state index contributed by atoms with van der Waals surface area (Å²) in [7, 11) is 0. The van der Waals surface area contributed by atoms with Crippen LogP contribution in [0.5, 0.6) is 0 Å². The van der Waals surface area contributed by atoms with Crippen LogP contribution in [0, 0.1) is 20.8 Å². The number of rotatable bonds is 3. The molecule has 18 heavy (non-hydrogen) atoms. The van der Waals surface area contributed by atoms with Gasteiger partial charge in [-0.15, -0.1) is 0 Å². The first-order valence-corrected chi connectivity index (χ1v) is 6.08. The first kappa shape index (κ1) is 13.1. The zero-order chi connectivity index (χ0) is 13.3. The van der Waals surface area contributed by atoms with E-state index in [1.807, 2.05) is 13.8 Å². The van der Waals surface area contributed by atoms with Gasteiger partial charge in [-0.25, -0.2) is 0 Å². The number of carbonyl (C=O) groups excluding carboxylic acids is 1. The zero-order valence-electron chi connectivity index (χ0n) is 11.0. The Morgan fingerprint density at radius 2 is 2.11 bits per heavy atom. The quantitative estimate of drug-likeness (QED) is 0.845. The molecule has 2 N–H and O–H groups in total. The summed E-state index contributed by atoms with van der Waals surface area (Å²) < 4.78 is 10.5. The minimum Gasteiger partial charge on any atom is -0.466 e. The minimum atomic E-state index is -0.934. The summed E-state index contributed by atoms with van der Waals surface area (Å²) in [6.45, 7) is 6.47. The molecular weight excluding hydrogens is 234 g/mol. The minimum absolute atomic E-state index is 0.203. The van der Waals surface area contributed by atoms with Crippen molar-refractivity contribution in [3.05, 3.63) is 22.6 Å². The zero-order valence-corrected chi connectivity index (χ0v) is 11.0. The van der Waals surface area contributed by atoms with Crippen molar-refractivity contribution >= 4 is 5.91 Å². The van der Waals surface area contributed by atoms with Crippen molar-refractivity contribution in [3.8, 4) is 0 Å². The third kappa shape index (κ3) is 2.42. The topological polar surface area (TPSA) is 71.7 Å². The van der Waals surface area contributed by atoms with Crippen LogP contribution in [0.15, 0.2) is 4.42 Å². The lowest BCUT2D eigenvalue weighted by Crippen LogP contribution is -2.43. The summed E-state index contributed by atoms with van der Waals surface area (Å²) in [6, 6.07) is 0. The molecule has 1 atom stereocenters. The van der Waals surface area contributed by atoms with Gasteiger partial charge >= 0.3 is 0 Å². The van der Waals surface area contributed by atoms with E-state index in [0.29, 0.717) is 24.4 Å². The Morgan fingerprint density at radius 3 is 2.61 bits per heavy atom. The molecule has 2 rings (SSSR count). The number of hydrogen-bond acceptors (Lipinski definition) is 4. The van der Waals surface area contributed by atoms with Gasteiger partial charge in [0.05, 0.1) is 12.2 Å². The molecule has 1 aliphatic heterocycles. The normalized spacial score (nSPS) is 23.3. The average Bonchev–Trinajstić information content (AvgIpc) is 2.83. The summed E-state index contributed by atoms with van der Waals surface area (Å²) in [5.74, 6) is 1.15. The average molecular weight is 253 g/mol. The Bertz CT molecular complexity index is 458. The Kier molecular flexibility index (Phi) is 3.45. The van der Waals surface area contributed by atoms with Gasteiger partial charge < -0.3 is 19.6 Å². The monoisotopic (exact) mass is 253 g/mol. The Hall–Kier alpha value is -1.33. The largest absolute Gasteiger partial charge is 0.466 e. The second-order valence-corrected chi connectivity index (χ2v) is 4.92. The fraction of sp³-hybridized carbons (Fsp3) is 0.615. The van der Waals surface area contributed by atoms with Gasteiger partial charge in [0, 0.05) is 25.1 Å². The Labute approximate surface area is 106 Å². The van der Waals surface area contributed by atoms with E-state index in [2.05, 4.69) is 5.32 Å². The van der Waals surface area contributed by atoms with Crippen LogP contribution in [0.2, 0.25) is 0 Å². The molecule has 5 heteroatoms. The Balaban J connectivity index is 2.04. The van der Waals surface area contributed by atoms with Crippen LogP contribution in [0.1, 0.15) is 33.9 Å². The molecule has 1 aliphatic rings. The summed E-state index contributed by atoms with van der Waals surface area (Å²) in [4.78, 5) is 12.1. The molecule has 1 saturated heterocycles. The van der Waals surface area contributed by atoms with E-state index in [4.69, 9.17) is 9.15 Å². The van der Waals surface area contributed by atoms with Gasteiger partial charge in [0.25, 0.3) is 5.91 Å². The van der Waals surface area contributed by atoms with Gasteiger partial charge in [0.2, 0.25) is 0 Å². The molecule has 100 valence electrons. The predicted molar refractivity (Wildman–Crippen MR) is 65.6 cm³/mol. The van der Waals surface area contributed by atoms with E-state index < -0.39 is 5.60 Å². The van der Waals surface area contributed by atoms with Crippen LogP contribution in [0.4, 0.5) is 0 Å². The van der Waals surface area contributed by atoms with Gasteiger partial charge in [-0.2, -0.15) is 0 Å². The van der Waals surface area contributed by atoms with E-state index in [0.717, 1.165) is 11.3 Å². The number of furan rings is 1. The third-order valence-corrected chi connectivity index (χ3v) is 3.45. The molecule has 0 saturated carbocycles.